The van der Waals surface area contributed by atoms with Gasteiger partial charge < -0.3 is 23.3 Å². The average Bonchev–Trinajstić information content (AvgIpc) is 2.82. The van der Waals surface area contributed by atoms with Crippen molar-refractivity contribution in [1.29, 1.82) is 0 Å². The Morgan fingerprint density at radius 3 is 2.10 bits per heavy atom. The minimum Gasteiger partial charge on any atom is -0.493 e. The summed E-state index contributed by atoms with van der Waals surface area (Å²) in [6.07, 6.45) is 0. The maximum atomic E-state index is 12.4. The van der Waals surface area contributed by atoms with Crippen molar-refractivity contribution in [3.63, 3.8) is 0 Å². The third kappa shape index (κ3) is 2.18. The van der Waals surface area contributed by atoms with Gasteiger partial charge in [-0.05, 0) is 12.1 Å². The van der Waals surface area contributed by atoms with Gasteiger partial charge in [-0.3, -0.25) is 4.57 Å². The molecule has 2 rings (SSSR count). The number of carbonyl (C=O) groups excluding carboxylic acids is 1. The first-order valence-corrected chi connectivity index (χ1v) is 7.30. The monoisotopic (exact) mass is 302 g/mol. The van der Waals surface area contributed by atoms with Crippen LogP contribution >= 0.6 is 7.60 Å². The zero-order chi connectivity index (χ0) is 14.9. The largest absolute Gasteiger partial charge is 0.493 e. The second-order valence-corrected chi connectivity index (χ2v) is 6.24. The Balaban J connectivity index is 2.58. The molecule has 8 heteroatoms. The summed E-state index contributed by atoms with van der Waals surface area (Å²) in [7, 11) is 1.79. The van der Waals surface area contributed by atoms with Gasteiger partial charge in [-0.1, -0.05) is 0 Å². The Morgan fingerprint density at radius 1 is 1.05 bits per heavy atom. The van der Waals surface area contributed by atoms with Crippen molar-refractivity contribution < 1.29 is 32.6 Å². The fraction of sp³-hybridized carbons (Fsp3) is 0.417. The molecule has 1 aromatic rings. The highest BCUT2D eigenvalue weighted by Crippen LogP contribution is 2.63. The van der Waals surface area contributed by atoms with Crippen LogP contribution in [0.25, 0.3) is 0 Å². The van der Waals surface area contributed by atoms with Crippen LogP contribution in [-0.4, -0.2) is 34.4 Å². The van der Waals surface area contributed by atoms with Gasteiger partial charge in [0.05, 0.1) is 19.8 Å². The Labute approximate surface area is 116 Å². The van der Waals surface area contributed by atoms with Crippen LogP contribution in [0.15, 0.2) is 12.1 Å². The SMILES string of the molecule is COc1cc2c(cc1OC)C(P(=O)(OC)OC)OC2=O. The third-order valence-corrected chi connectivity index (χ3v) is 5.03. The maximum Gasteiger partial charge on any atom is 0.375 e. The summed E-state index contributed by atoms with van der Waals surface area (Å²) in [6.45, 7) is 0. The van der Waals surface area contributed by atoms with Crippen molar-refractivity contribution in [2.75, 3.05) is 28.4 Å². The van der Waals surface area contributed by atoms with E-state index < -0.39 is 19.4 Å². The van der Waals surface area contributed by atoms with Gasteiger partial charge in [0, 0.05) is 19.8 Å². The van der Waals surface area contributed by atoms with E-state index in [9.17, 15) is 9.36 Å². The highest BCUT2D eigenvalue weighted by atomic mass is 31.2. The van der Waals surface area contributed by atoms with E-state index in [2.05, 4.69) is 0 Å². The van der Waals surface area contributed by atoms with E-state index in [0.29, 0.717) is 17.1 Å². The van der Waals surface area contributed by atoms with E-state index in [4.69, 9.17) is 23.3 Å². The minimum atomic E-state index is -3.59. The smallest absolute Gasteiger partial charge is 0.375 e. The van der Waals surface area contributed by atoms with E-state index >= 15 is 0 Å². The van der Waals surface area contributed by atoms with Crippen molar-refractivity contribution in [2.24, 2.45) is 0 Å². The molecule has 0 aliphatic carbocycles. The Kier molecular flexibility index (Phi) is 4.04. The summed E-state index contributed by atoms with van der Waals surface area (Å²) >= 11 is 0. The average molecular weight is 302 g/mol. The quantitative estimate of drug-likeness (QED) is 0.610. The second-order valence-electron chi connectivity index (χ2n) is 3.96. The predicted octanol–water partition coefficient (Wildman–Crippen LogP) is 2.36. The molecule has 110 valence electrons. The number of methoxy groups -OCH3 is 2. The van der Waals surface area contributed by atoms with Crippen molar-refractivity contribution in [3.8, 4) is 11.5 Å². The van der Waals surface area contributed by atoms with Crippen LogP contribution in [0, 0.1) is 0 Å². The van der Waals surface area contributed by atoms with Gasteiger partial charge in [0.2, 0.25) is 5.85 Å². The summed E-state index contributed by atoms with van der Waals surface area (Å²) in [5.74, 6) is -0.943. The number of cyclic esters (lactones) is 1. The Bertz CT molecular complexity index is 575. The molecule has 20 heavy (non-hydrogen) atoms. The number of esters is 1. The van der Waals surface area contributed by atoms with Crippen LogP contribution in [0.4, 0.5) is 0 Å². The molecule has 0 amide bonds. The zero-order valence-corrected chi connectivity index (χ0v) is 12.4. The molecule has 0 bridgehead atoms. The molecule has 0 spiro atoms. The fourth-order valence-corrected chi connectivity index (χ4v) is 3.32. The van der Waals surface area contributed by atoms with Gasteiger partial charge in [0.15, 0.2) is 11.5 Å². The summed E-state index contributed by atoms with van der Waals surface area (Å²) in [5, 5.41) is 0. The number of hydrogen-bond donors (Lipinski definition) is 0. The minimum absolute atomic E-state index is 0.252. The van der Waals surface area contributed by atoms with Gasteiger partial charge in [-0.15, -0.1) is 0 Å². The van der Waals surface area contributed by atoms with Gasteiger partial charge in [-0.25, -0.2) is 4.79 Å². The van der Waals surface area contributed by atoms with E-state index in [1.807, 2.05) is 0 Å². The van der Waals surface area contributed by atoms with Gasteiger partial charge >= 0.3 is 13.6 Å². The van der Waals surface area contributed by atoms with Crippen LogP contribution in [0.2, 0.25) is 0 Å². The number of benzene rings is 1. The Morgan fingerprint density at radius 2 is 1.60 bits per heavy atom. The van der Waals surface area contributed by atoms with Crippen LogP contribution in [0.1, 0.15) is 21.8 Å². The summed E-state index contributed by atoms with van der Waals surface area (Å²) in [5.41, 5.74) is 0.640. The van der Waals surface area contributed by atoms with Gasteiger partial charge in [-0.2, -0.15) is 0 Å². The molecule has 0 saturated carbocycles. The molecule has 0 aromatic heterocycles. The van der Waals surface area contributed by atoms with Crippen molar-refractivity contribution in [1.82, 2.24) is 0 Å². The molecule has 0 radical (unpaired) electrons. The molecular weight excluding hydrogens is 287 g/mol. The van der Waals surface area contributed by atoms with Crippen molar-refractivity contribution in [2.45, 2.75) is 5.85 Å². The van der Waals surface area contributed by atoms with E-state index in [-0.39, 0.29) is 5.56 Å². The lowest BCUT2D eigenvalue weighted by Gasteiger charge is -2.20. The number of carbonyl (C=O) groups is 1. The van der Waals surface area contributed by atoms with Crippen molar-refractivity contribution >= 4 is 13.6 Å². The lowest BCUT2D eigenvalue weighted by Crippen LogP contribution is -2.03. The van der Waals surface area contributed by atoms with Crippen molar-refractivity contribution in [3.05, 3.63) is 23.3 Å². The molecule has 0 saturated heterocycles. The highest BCUT2D eigenvalue weighted by Gasteiger charge is 2.46. The molecule has 1 aliphatic rings. The molecule has 1 atom stereocenters. The summed E-state index contributed by atoms with van der Waals surface area (Å²) in [4.78, 5) is 11.9. The lowest BCUT2D eigenvalue weighted by atomic mass is 10.1. The summed E-state index contributed by atoms with van der Waals surface area (Å²) in [6, 6.07) is 3.01. The standard InChI is InChI=1S/C12H15O7P/c1-15-9-5-7-8(6-10(9)16-2)12(19-11(7)13)20(14,17-3)18-4/h5-6,12H,1-4H3. The maximum absolute atomic E-state index is 12.4. The number of hydrogen-bond acceptors (Lipinski definition) is 7. The first-order valence-electron chi connectivity index (χ1n) is 5.68. The summed E-state index contributed by atoms with van der Waals surface area (Å²) < 4.78 is 37.6. The van der Waals surface area contributed by atoms with Gasteiger partial charge in [0.1, 0.15) is 0 Å². The molecular formula is C12H15O7P. The van der Waals surface area contributed by atoms with E-state index in [1.54, 1.807) is 0 Å². The molecule has 1 aromatic carbocycles. The Hall–Kier alpha value is -1.56. The number of ether oxygens (including phenoxy) is 3. The number of rotatable bonds is 5. The van der Waals surface area contributed by atoms with E-state index in [1.165, 1.54) is 40.6 Å². The third-order valence-electron chi connectivity index (χ3n) is 3.06. The molecule has 1 unspecified atom stereocenters. The molecule has 0 fully saturated rings. The molecule has 7 nitrogen and oxygen atoms in total. The lowest BCUT2D eigenvalue weighted by molar-refractivity contribution is 0.0456. The van der Waals surface area contributed by atoms with Crippen LogP contribution in [0.3, 0.4) is 0 Å². The molecule has 1 heterocycles. The first kappa shape index (κ1) is 14.8. The number of fused-ring (bicyclic) bond motifs is 1. The molecule has 0 N–H and O–H groups in total. The zero-order valence-electron chi connectivity index (χ0n) is 11.5. The molecule has 1 aliphatic heterocycles. The van der Waals surface area contributed by atoms with E-state index in [0.717, 1.165) is 0 Å². The van der Waals surface area contributed by atoms with Crippen LogP contribution < -0.4 is 9.47 Å². The predicted molar refractivity (Wildman–Crippen MR) is 69.3 cm³/mol. The second kappa shape index (κ2) is 5.44. The first-order chi connectivity index (χ1) is 9.50. The normalized spacial score (nSPS) is 17.6. The van der Waals surface area contributed by atoms with Gasteiger partial charge in [0.25, 0.3) is 0 Å². The topological polar surface area (TPSA) is 80.3 Å². The fourth-order valence-electron chi connectivity index (χ4n) is 2.01. The highest BCUT2D eigenvalue weighted by molar-refractivity contribution is 7.54. The van der Waals surface area contributed by atoms with Crippen LogP contribution in [-0.2, 0) is 18.3 Å². The van der Waals surface area contributed by atoms with Crippen LogP contribution in [0.5, 0.6) is 11.5 Å².